The number of halogens is 2. The largest absolute Gasteiger partial charge is 0.376 e. The highest BCUT2D eigenvalue weighted by molar-refractivity contribution is 9.11. The maximum atomic E-state index is 11.8. The van der Waals surface area contributed by atoms with Crippen LogP contribution in [0.1, 0.15) is 37.7 Å². The minimum Gasteiger partial charge on any atom is -0.376 e. The van der Waals surface area contributed by atoms with Crippen molar-refractivity contribution in [3.8, 4) is 0 Å². The minimum absolute atomic E-state index is 0.124. The van der Waals surface area contributed by atoms with Gasteiger partial charge in [-0.3, -0.25) is 4.79 Å². The Bertz CT molecular complexity index is 527. The Balaban J connectivity index is 1.83. The maximum Gasteiger partial charge on any atom is 0.259 e. The molecule has 2 rings (SSSR count). The van der Waals surface area contributed by atoms with E-state index in [0.717, 1.165) is 38.7 Å². The second-order valence-electron chi connectivity index (χ2n) is 5.19. The number of nitrogens with one attached hydrogen (secondary N) is 2. The number of nitrogens with zero attached hydrogens (tertiary/aromatic N) is 1. The summed E-state index contributed by atoms with van der Waals surface area (Å²) in [7, 11) is 0. The van der Waals surface area contributed by atoms with E-state index < -0.39 is 0 Å². The second-order valence-corrected chi connectivity index (χ2v) is 6.90. The second kappa shape index (κ2) is 7.94. The van der Waals surface area contributed by atoms with E-state index in [1.807, 2.05) is 19.1 Å². The number of rotatable bonds is 4. The fraction of sp³-hybridized carbons (Fsp3) is 0.467. The van der Waals surface area contributed by atoms with E-state index in [-0.39, 0.29) is 12.5 Å². The van der Waals surface area contributed by atoms with Crippen LogP contribution in [-0.4, -0.2) is 18.2 Å². The summed E-state index contributed by atoms with van der Waals surface area (Å²) < 4.78 is 2.00. The van der Waals surface area contributed by atoms with Gasteiger partial charge in [0.2, 0.25) is 0 Å². The van der Waals surface area contributed by atoms with E-state index in [4.69, 9.17) is 0 Å². The molecule has 0 atom stereocenters. The molecule has 1 fully saturated rings. The molecular weight excluding hydrogens is 398 g/mol. The summed E-state index contributed by atoms with van der Waals surface area (Å²) in [5.74, 6) is -0.124. The molecule has 1 aliphatic rings. The molecule has 0 radical (unpaired) electrons. The summed E-state index contributed by atoms with van der Waals surface area (Å²) in [6.07, 6.45) is 5.64. The first-order chi connectivity index (χ1) is 10.1. The number of hydrazone groups is 1. The molecule has 0 heterocycles. The fourth-order valence-electron chi connectivity index (χ4n) is 2.18. The number of carbonyl (C=O) groups is 1. The third-order valence-corrected chi connectivity index (χ3v) is 5.15. The summed E-state index contributed by atoms with van der Waals surface area (Å²) >= 11 is 6.99. The van der Waals surface area contributed by atoms with Crippen LogP contribution in [0.3, 0.4) is 0 Å². The Morgan fingerprint density at radius 3 is 2.43 bits per heavy atom. The predicted molar refractivity (Wildman–Crippen MR) is 93.7 cm³/mol. The van der Waals surface area contributed by atoms with Gasteiger partial charge in [0.15, 0.2) is 0 Å². The fourth-order valence-corrected chi connectivity index (χ4v) is 3.37. The predicted octanol–water partition coefficient (Wildman–Crippen LogP) is 4.37. The van der Waals surface area contributed by atoms with Crippen LogP contribution in [0.15, 0.2) is 26.2 Å². The number of anilines is 1. The molecule has 1 amide bonds. The van der Waals surface area contributed by atoms with Crippen molar-refractivity contribution < 1.29 is 4.79 Å². The van der Waals surface area contributed by atoms with Crippen LogP contribution in [0, 0.1) is 6.92 Å². The van der Waals surface area contributed by atoms with Crippen LogP contribution < -0.4 is 10.7 Å². The highest BCUT2D eigenvalue weighted by atomic mass is 79.9. The molecule has 6 heteroatoms. The average molecular weight is 417 g/mol. The Kier molecular flexibility index (Phi) is 6.23. The first-order valence-corrected chi connectivity index (χ1v) is 8.68. The Hall–Kier alpha value is -0.880. The lowest BCUT2D eigenvalue weighted by atomic mass is 9.99. The van der Waals surface area contributed by atoms with E-state index in [0.29, 0.717) is 0 Å². The van der Waals surface area contributed by atoms with Gasteiger partial charge in [0.05, 0.1) is 6.54 Å². The molecule has 2 N–H and O–H groups in total. The zero-order valence-corrected chi connectivity index (χ0v) is 15.2. The standard InChI is InChI=1S/C15H19Br2N3O/c1-10-13(16)7-12(8-14(10)17)18-9-15(21)20-19-11-5-3-2-4-6-11/h7-8,18H,2-6,9H2,1H3,(H,20,21). The lowest BCUT2D eigenvalue weighted by Crippen LogP contribution is -2.27. The van der Waals surface area contributed by atoms with Crippen molar-refractivity contribution in [2.24, 2.45) is 5.10 Å². The molecular formula is C15H19Br2N3O. The van der Waals surface area contributed by atoms with Crippen LogP contribution in [0.5, 0.6) is 0 Å². The van der Waals surface area contributed by atoms with Gasteiger partial charge in [-0.25, -0.2) is 5.43 Å². The number of carbonyl (C=O) groups excluding carboxylic acids is 1. The summed E-state index contributed by atoms with van der Waals surface area (Å²) in [5.41, 5.74) is 5.75. The van der Waals surface area contributed by atoms with Gasteiger partial charge < -0.3 is 5.32 Å². The van der Waals surface area contributed by atoms with Crippen molar-refractivity contribution in [3.05, 3.63) is 26.6 Å². The highest BCUT2D eigenvalue weighted by Crippen LogP contribution is 2.28. The first-order valence-electron chi connectivity index (χ1n) is 7.10. The van der Waals surface area contributed by atoms with E-state index in [2.05, 4.69) is 47.7 Å². The van der Waals surface area contributed by atoms with Crippen LogP contribution in [0.4, 0.5) is 5.69 Å². The molecule has 1 aliphatic carbocycles. The topological polar surface area (TPSA) is 53.5 Å². The van der Waals surface area contributed by atoms with Crippen LogP contribution in [-0.2, 0) is 4.79 Å². The van der Waals surface area contributed by atoms with E-state index >= 15 is 0 Å². The van der Waals surface area contributed by atoms with Crippen molar-refractivity contribution in [3.63, 3.8) is 0 Å². The van der Waals surface area contributed by atoms with Crippen molar-refractivity contribution in [2.45, 2.75) is 39.0 Å². The molecule has 114 valence electrons. The zero-order valence-electron chi connectivity index (χ0n) is 12.0. The van der Waals surface area contributed by atoms with Gasteiger partial charge >= 0.3 is 0 Å². The normalized spacial score (nSPS) is 14.7. The molecule has 0 unspecified atom stereocenters. The molecule has 0 bridgehead atoms. The van der Waals surface area contributed by atoms with Crippen molar-refractivity contribution in [2.75, 3.05) is 11.9 Å². The summed E-state index contributed by atoms with van der Waals surface area (Å²) in [4.78, 5) is 11.8. The molecule has 1 aromatic carbocycles. The van der Waals surface area contributed by atoms with Crippen LogP contribution in [0.25, 0.3) is 0 Å². The smallest absolute Gasteiger partial charge is 0.259 e. The van der Waals surface area contributed by atoms with Gasteiger partial charge in [0.1, 0.15) is 0 Å². The van der Waals surface area contributed by atoms with E-state index in [1.165, 1.54) is 19.3 Å². The Morgan fingerprint density at radius 1 is 1.19 bits per heavy atom. The Labute approximate surface area is 142 Å². The average Bonchev–Trinajstić information content (AvgIpc) is 2.49. The number of benzene rings is 1. The molecule has 0 saturated heterocycles. The summed E-state index contributed by atoms with van der Waals surface area (Å²) in [6.45, 7) is 2.23. The van der Waals surface area contributed by atoms with Crippen LogP contribution >= 0.6 is 31.9 Å². The first kappa shape index (κ1) is 16.5. The van der Waals surface area contributed by atoms with E-state index in [1.54, 1.807) is 0 Å². The SMILES string of the molecule is Cc1c(Br)cc(NCC(=O)NN=C2CCCCC2)cc1Br. The number of amides is 1. The zero-order chi connectivity index (χ0) is 15.2. The van der Waals surface area contributed by atoms with Gasteiger partial charge in [-0.2, -0.15) is 5.10 Å². The van der Waals surface area contributed by atoms with Crippen LogP contribution in [0.2, 0.25) is 0 Å². The van der Waals surface area contributed by atoms with Gasteiger partial charge in [0.25, 0.3) is 5.91 Å². The summed E-state index contributed by atoms with van der Waals surface area (Å²) in [6, 6.07) is 3.92. The minimum atomic E-state index is -0.124. The van der Waals surface area contributed by atoms with Gasteiger partial charge in [-0.1, -0.05) is 38.3 Å². The number of hydrogen-bond donors (Lipinski definition) is 2. The molecule has 21 heavy (non-hydrogen) atoms. The van der Waals surface area contributed by atoms with Crippen molar-refractivity contribution in [1.29, 1.82) is 0 Å². The molecule has 0 spiro atoms. The molecule has 4 nitrogen and oxygen atoms in total. The van der Waals surface area contributed by atoms with Crippen molar-refractivity contribution >= 4 is 49.2 Å². The highest BCUT2D eigenvalue weighted by Gasteiger charge is 2.08. The lowest BCUT2D eigenvalue weighted by molar-refractivity contribution is -0.119. The van der Waals surface area contributed by atoms with Crippen molar-refractivity contribution in [1.82, 2.24) is 5.43 Å². The molecule has 0 aromatic heterocycles. The summed E-state index contributed by atoms with van der Waals surface area (Å²) in [5, 5.41) is 7.30. The third kappa shape index (κ3) is 5.11. The Morgan fingerprint density at radius 2 is 1.81 bits per heavy atom. The molecule has 1 aromatic rings. The third-order valence-electron chi connectivity index (χ3n) is 3.50. The van der Waals surface area contributed by atoms with Gasteiger partial charge in [-0.05, 0) is 50.3 Å². The van der Waals surface area contributed by atoms with Gasteiger partial charge in [-0.15, -0.1) is 0 Å². The molecule has 0 aliphatic heterocycles. The lowest BCUT2D eigenvalue weighted by Gasteiger charge is -2.12. The van der Waals surface area contributed by atoms with Gasteiger partial charge in [0, 0.05) is 20.3 Å². The number of hydrogen-bond acceptors (Lipinski definition) is 3. The quantitative estimate of drug-likeness (QED) is 0.716. The maximum absolute atomic E-state index is 11.8. The van der Waals surface area contributed by atoms with E-state index in [9.17, 15) is 4.79 Å². The monoisotopic (exact) mass is 415 g/mol. The molecule has 1 saturated carbocycles.